The normalized spacial score (nSPS) is 19.3. The van der Waals surface area contributed by atoms with E-state index in [1.165, 1.54) is 0 Å². The lowest BCUT2D eigenvalue weighted by molar-refractivity contribution is 0.0525. The van der Waals surface area contributed by atoms with Crippen LogP contribution in [0.5, 0.6) is 0 Å². The Morgan fingerprint density at radius 3 is 2.50 bits per heavy atom. The number of β-amino-alcohol motifs (C(OH)–C–C–N with tert-alkyl or cyclic N) is 1. The molecule has 0 radical (unpaired) electrons. The van der Waals surface area contributed by atoms with E-state index in [0.717, 1.165) is 44.0 Å². The highest BCUT2D eigenvalue weighted by molar-refractivity contribution is 5.17. The van der Waals surface area contributed by atoms with E-state index < -0.39 is 6.10 Å². The quantitative estimate of drug-likeness (QED) is 0.874. The van der Waals surface area contributed by atoms with Crippen LogP contribution in [-0.2, 0) is 6.42 Å². The molecule has 0 amide bonds. The summed E-state index contributed by atoms with van der Waals surface area (Å²) in [7, 11) is 0. The fourth-order valence-electron chi connectivity index (χ4n) is 3.10. The molecule has 1 fully saturated rings. The van der Waals surface area contributed by atoms with Gasteiger partial charge in [-0.05, 0) is 12.5 Å². The van der Waals surface area contributed by atoms with E-state index in [9.17, 15) is 5.11 Å². The summed E-state index contributed by atoms with van der Waals surface area (Å²) in [6.07, 6.45) is 0.361. The molecule has 1 N–H and O–H groups in total. The monoisotopic (exact) mass is 330 g/mol. The lowest BCUT2D eigenvalue weighted by atomic mass is 10.1. The molecular formula is C18H26N4O2. The number of aliphatic hydroxyl groups excluding tert-OH is 1. The third-order valence-corrected chi connectivity index (χ3v) is 4.73. The predicted octanol–water partition coefficient (Wildman–Crippen LogP) is 2.04. The van der Waals surface area contributed by atoms with E-state index in [2.05, 4.69) is 26.9 Å². The number of benzene rings is 1. The minimum absolute atomic E-state index is 0.138. The fourth-order valence-corrected chi connectivity index (χ4v) is 3.10. The summed E-state index contributed by atoms with van der Waals surface area (Å²) in [6.45, 7) is 8.55. The van der Waals surface area contributed by atoms with Crippen molar-refractivity contribution in [1.29, 1.82) is 0 Å². The van der Waals surface area contributed by atoms with Crippen molar-refractivity contribution in [2.45, 2.75) is 32.4 Å². The van der Waals surface area contributed by atoms with E-state index in [1.54, 1.807) is 0 Å². The van der Waals surface area contributed by atoms with Gasteiger partial charge in [0.1, 0.15) is 0 Å². The Balaban J connectivity index is 1.50. The molecule has 0 aliphatic carbocycles. The first-order valence-corrected chi connectivity index (χ1v) is 8.69. The van der Waals surface area contributed by atoms with Gasteiger partial charge < -0.3 is 9.63 Å². The van der Waals surface area contributed by atoms with Crippen LogP contribution in [0.1, 0.15) is 43.3 Å². The van der Waals surface area contributed by atoms with Gasteiger partial charge in [-0.1, -0.05) is 42.4 Å². The van der Waals surface area contributed by atoms with Gasteiger partial charge >= 0.3 is 0 Å². The molecule has 1 saturated heterocycles. The van der Waals surface area contributed by atoms with Gasteiger partial charge in [-0.15, -0.1) is 0 Å². The maximum absolute atomic E-state index is 10.4. The third kappa shape index (κ3) is 4.01. The van der Waals surface area contributed by atoms with Crippen molar-refractivity contribution in [3.8, 4) is 0 Å². The molecule has 1 aromatic carbocycles. The van der Waals surface area contributed by atoms with Gasteiger partial charge in [-0.2, -0.15) is 4.98 Å². The third-order valence-electron chi connectivity index (χ3n) is 4.73. The minimum atomic E-state index is -0.432. The summed E-state index contributed by atoms with van der Waals surface area (Å²) in [6, 6.07) is 9.99. The highest BCUT2D eigenvalue weighted by Crippen LogP contribution is 2.21. The zero-order valence-corrected chi connectivity index (χ0v) is 14.4. The number of hydrogen-bond donors (Lipinski definition) is 1. The fraction of sp³-hybridized carbons (Fsp3) is 0.556. The van der Waals surface area contributed by atoms with Gasteiger partial charge in [0.15, 0.2) is 5.82 Å². The summed E-state index contributed by atoms with van der Waals surface area (Å²) in [5.41, 5.74) is 0.978. The average molecular weight is 330 g/mol. The van der Waals surface area contributed by atoms with Crippen LogP contribution in [0.15, 0.2) is 34.9 Å². The summed E-state index contributed by atoms with van der Waals surface area (Å²) in [5.74, 6) is 1.46. The lowest BCUT2D eigenvalue weighted by Gasteiger charge is -2.37. The van der Waals surface area contributed by atoms with Crippen molar-refractivity contribution in [2.24, 2.45) is 0 Å². The van der Waals surface area contributed by atoms with Crippen molar-refractivity contribution < 1.29 is 9.63 Å². The number of nitrogens with zero attached hydrogens (tertiary/aromatic N) is 4. The molecular weight excluding hydrogens is 304 g/mol. The van der Waals surface area contributed by atoms with E-state index in [0.29, 0.717) is 12.4 Å². The Kier molecular flexibility index (Phi) is 5.60. The van der Waals surface area contributed by atoms with Gasteiger partial charge in [0.2, 0.25) is 5.89 Å². The molecule has 0 bridgehead atoms. The van der Waals surface area contributed by atoms with Crippen LogP contribution >= 0.6 is 0 Å². The van der Waals surface area contributed by atoms with Gasteiger partial charge in [-0.3, -0.25) is 9.80 Å². The Hall–Kier alpha value is -1.76. The van der Waals surface area contributed by atoms with Gasteiger partial charge in [0.25, 0.3) is 0 Å². The second-order valence-corrected chi connectivity index (χ2v) is 6.34. The molecule has 6 nitrogen and oxygen atoms in total. The Morgan fingerprint density at radius 2 is 1.88 bits per heavy atom. The van der Waals surface area contributed by atoms with Crippen molar-refractivity contribution in [2.75, 3.05) is 32.7 Å². The number of aliphatic hydroxyl groups is 1. The molecule has 24 heavy (non-hydrogen) atoms. The van der Waals surface area contributed by atoms with Crippen LogP contribution in [0.4, 0.5) is 0 Å². The maximum Gasteiger partial charge on any atom is 0.243 e. The zero-order chi connectivity index (χ0) is 16.9. The molecule has 0 spiro atoms. The molecule has 6 heteroatoms. The van der Waals surface area contributed by atoms with Crippen molar-refractivity contribution >= 4 is 0 Å². The smallest absolute Gasteiger partial charge is 0.243 e. The molecule has 2 atom stereocenters. The summed E-state index contributed by atoms with van der Waals surface area (Å²) >= 11 is 0. The SMILES string of the molecule is CCc1noc([C@@H](C)N2CCN(C[C@H](O)c3ccccc3)CC2)n1. The first-order valence-electron chi connectivity index (χ1n) is 8.69. The number of piperazine rings is 1. The van der Waals surface area contributed by atoms with Crippen LogP contribution < -0.4 is 0 Å². The Labute approximate surface area is 143 Å². The largest absolute Gasteiger partial charge is 0.387 e. The zero-order valence-electron chi connectivity index (χ0n) is 14.4. The summed E-state index contributed by atoms with van der Waals surface area (Å²) in [5, 5.41) is 14.3. The van der Waals surface area contributed by atoms with Crippen molar-refractivity contribution in [1.82, 2.24) is 19.9 Å². The maximum atomic E-state index is 10.4. The highest BCUT2D eigenvalue weighted by Gasteiger charge is 2.26. The molecule has 130 valence electrons. The van der Waals surface area contributed by atoms with Gasteiger partial charge in [0, 0.05) is 39.1 Å². The molecule has 2 heterocycles. The van der Waals surface area contributed by atoms with E-state index in [4.69, 9.17) is 4.52 Å². The first kappa shape index (κ1) is 17.1. The first-order chi connectivity index (χ1) is 11.7. The van der Waals surface area contributed by atoms with Crippen molar-refractivity contribution in [3.63, 3.8) is 0 Å². The Bertz CT molecular complexity index is 623. The lowest BCUT2D eigenvalue weighted by Crippen LogP contribution is -2.48. The molecule has 1 aliphatic heterocycles. The highest BCUT2D eigenvalue weighted by atomic mass is 16.5. The minimum Gasteiger partial charge on any atom is -0.387 e. The number of aryl methyl sites for hydroxylation is 1. The van der Waals surface area contributed by atoms with Crippen LogP contribution in [0.25, 0.3) is 0 Å². The van der Waals surface area contributed by atoms with Crippen molar-refractivity contribution in [3.05, 3.63) is 47.6 Å². The van der Waals surface area contributed by atoms with Gasteiger partial charge in [0.05, 0.1) is 12.1 Å². The Morgan fingerprint density at radius 1 is 1.17 bits per heavy atom. The average Bonchev–Trinajstić information content (AvgIpc) is 3.11. The van der Waals surface area contributed by atoms with Gasteiger partial charge in [-0.25, -0.2) is 0 Å². The predicted molar refractivity (Wildman–Crippen MR) is 91.5 cm³/mol. The molecule has 2 aromatic rings. The molecule has 0 saturated carbocycles. The second-order valence-electron chi connectivity index (χ2n) is 6.34. The van der Waals surface area contributed by atoms with E-state index in [-0.39, 0.29) is 6.04 Å². The van der Waals surface area contributed by atoms with Crippen LogP contribution in [0.3, 0.4) is 0 Å². The molecule has 0 unspecified atom stereocenters. The van der Waals surface area contributed by atoms with Crippen LogP contribution in [0, 0.1) is 0 Å². The summed E-state index contributed by atoms with van der Waals surface area (Å²) in [4.78, 5) is 9.11. The summed E-state index contributed by atoms with van der Waals surface area (Å²) < 4.78 is 5.36. The topological polar surface area (TPSA) is 65.6 Å². The number of rotatable bonds is 6. The van der Waals surface area contributed by atoms with Crippen LogP contribution in [0.2, 0.25) is 0 Å². The second kappa shape index (κ2) is 7.88. The molecule has 1 aromatic heterocycles. The molecule has 3 rings (SSSR count). The van der Waals surface area contributed by atoms with Crippen LogP contribution in [-0.4, -0.2) is 57.8 Å². The van der Waals surface area contributed by atoms with E-state index in [1.807, 2.05) is 37.3 Å². The van der Waals surface area contributed by atoms with E-state index >= 15 is 0 Å². The number of hydrogen-bond acceptors (Lipinski definition) is 6. The molecule has 1 aliphatic rings. The number of aromatic nitrogens is 2. The standard InChI is InChI=1S/C18H26N4O2/c1-3-17-19-18(24-20-17)14(2)22-11-9-21(10-12-22)13-16(23)15-7-5-4-6-8-15/h4-8,14,16,23H,3,9-13H2,1-2H3/t14-,16+/m1/s1.